The lowest BCUT2D eigenvalue weighted by atomic mass is 10.2. The van der Waals surface area contributed by atoms with E-state index in [9.17, 15) is 8.42 Å². The monoisotopic (exact) mass is 410 g/mol. The first-order chi connectivity index (χ1) is 13.5. The highest BCUT2D eigenvalue weighted by Gasteiger charge is 2.09. The van der Waals surface area contributed by atoms with E-state index >= 15 is 0 Å². The smallest absolute Gasteiger partial charge is 0.154 e. The van der Waals surface area contributed by atoms with Gasteiger partial charge in [0.1, 0.15) is 0 Å². The van der Waals surface area contributed by atoms with Gasteiger partial charge in [-0.05, 0) is 42.5 Å². The molecular formula is C20H18N4O2S2. The molecule has 28 heavy (non-hydrogen) atoms. The highest BCUT2D eigenvalue weighted by molar-refractivity contribution is 7.84. The van der Waals surface area contributed by atoms with Gasteiger partial charge in [0.2, 0.25) is 0 Å². The standard InChI is InChI=1S/C20H18N4O2S2/c1-27(25)16-8-6-14(7-9-16)18-13-21-20-11-10-19(23-24(18)20)22-15-4-3-5-17(12-15)28(2)26/h3-13H,1-2H3,(H,22,23). The predicted octanol–water partition coefficient (Wildman–Crippen LogP) is 3.61. The average molecular weight is 411 g/mol. The third-order valence-corrected chi connectivity index (χ3v) is 6.14. The molecule has 0 amide bonds. The molecule has 0 fully saturated rings. The topological polar surface area (TPSA) is 76.4 Å². The zero-order valence-corrected chi connectivity index (χ0v) is 17.0. The molecule has 0 bridgehead atoms. The highest BCUT2D eigenvalue weighted by atomic mass is 32.2. The van der Waals surface area contributed by atoms with Gasteiger partial charge in [-0.15, -0.1) is 5.10 Å². The number of hydrogen-bond acceptors (Lipinski definition) is 5. The number of fused-ring (bicyclic) bond motifs is 1. The fourth-order valence-electron chi connectivity index (χ4n) is 2.85. The van der Waals surface area contributed by atoms with Crippen LogP contribution in [-0.4, -0.2) is 35.5 Å². The van der Waals surface area contributed by atoms with E-state index in [1.807, 2.05) is 60.7 Å². The molecule has 4 aromatic rings. The van der Waals surface area contributed by atoms with Crippen molar-refractivity contribution in [1.29, 1.82) is 0 Å². The van der Waals surface area contributed by atoms with Crippen molar-refractivity contribution in [2.24, 2.45) is 0 Å². The van der Waals surface area contributed by atoms with Crippen molar-refractivity contribution in [2.45, 2.75) is 9.79 Å². The number of nitrogens with one attached hydrogen (secondary N) is 1. The van der Waals surface area contributed by atoms with E-state index < -0.39 is 21.6 Å². The summed E-state index contributed by atoms with van der Waals surface area (Å²) in [4.78, 5) is 5.94. The first-order valence-corrected chi connectivity index (χ1v) is 11.6. The van der Waals surface area contributed by atoms with Crippen LogP contribution in [0.15, 0.2) is 76.7 Å². The Hall–Kier alpha value is -2.84. The number of hydrogen-bond donors (Lipinski definition) is 1. The molecule has 0 aliphatic heterocycles. The van der Waals surface area contributed by atoms with Gasteiger partial charge in [0, 0.05) is 55.2 Å². The summed E-state index contributed by atoms with van der Waals surface area (Å²) >= 11 is 0. The van der Waals surface area contributed by atoms with Crippen LogP contribution in [0.25, 0.3) is 16.9 Å². The summed E-state index contributed by atoms with van der Waals surface area (Å²) in [6.07, 6.45) is 5.08. The average Bonchev–Trinajstić information content (AvgIpc) is 3.11. The van der Waals surface area contributed by atoms with Gasteiger partial charge in [-0.2, -0.15) is 0 Å². The molecule has 0 radical (unpaired) electrons. The molecule has 0 saturated carbocycles. The quantitative estimate of drug-likeness (QED) is 0.544. The minimum absolute atomic E-state index is 0.650. The zero-order valence-electron chi connectivity index (χ0n) is 15.3. The van der Waals surface area contributed by atoms with Crippen molar-refractivity contribution < 1.29 is 8.42 Å². The van der Waals surface area contributed by atoms with Gasteiger partial charge in [-0.3, -0.25) is 8.42 Å². The van der Waals surface area contributed by atoms with Gasteiger partial charge in [-0.1, -0.05) is 18.2 Å². The van der Waals surface area contributed by atoms with Crippen LogP contribution in [0.1, 0.15) is 0 Å². The van der Waals surface area contributed by atoms with Crippen LogP contribution in [0.2, 0.25) is 0 Å². The molecule has 0 saturated heterocycles. The lowest BCUT2D eigenvalue weighted by molar-refractivity contribution is 0.686. The van der Waals surface area contributed by atoms with Crippen molar-refractivity contribution in [3.8, 4) is 11.3 Å². The predicted molar refractivity (Wildman–Crippen MR) is 113 cm³/mol. The van der Waals surface area contributed by atoms with Crippen LogP contribution >= 0.6 is 0 Å². The normalized spacial score (nSPS) is 13.4. The summed E-state index contributed by atoms with van der Waals surface area (Å²) in [5.74, 6) is 0.650. The first kappa shape index (κ1) is 18.5. The lowest BCUT2D eigenvalue weighted by Crippen LogP contribution is -2.01. The third kappa shape index (κ3) is 3.74. The number of aromatic nitrogens is 3. The molecule has 2 atom stereocenters. The van der Waals surface area contributed by atoms with Gasteiger partial charge < -0.3 is 5.32 Å². The van der Waals surface area contributed by atoms with Crippen LogP contribution in [0.4, 0.5) is 11.5 Å². The number of nitrogens with zero attached hydrogens (tertiary/aromatic N) is 3. The van der Waals surface area contributed by atoms with Crippen molar-refractivity contribution in [3.63, 3.8) is 0 Å². The maximum absolute atomic E-state index is 11.7. The minimum Gasteiger partial charge on any atom is -0.339 e. The molecule has 0 aliphatic carbocycles. The molecule has 8 heteroatoms. The Kier molecular flexibility index (Phi) is 5.06. The van der Waals surface area contributed by atoms with Crippen LogP contribution in [0.3, 0.4) is 0 Å². The van der Waals surface area contributed by atoms with E-state index in [1.165, 1.54) is 0 Å². The van der Waals surface area contributed by atoms with Crippen molar-refractivity contribution in [2.75, 3.05) is 17.8 Å². The molecule has 4 rings (SSSR count). The van der Waals surface area contributed by atoms with Crippen molar-refractivity contribution >= 4 is 38.8 Å². The molecule has 0 aliphatic rings. The van der Waals surface area contributed by atoms with Gasteiger partial charge in [0.15, 0.2) is 11.5 Å². The van der Waals surface area contributed by atoms with Crippen molar-refractivity contribution in [1.82, 2.24) is 14.6 Å². The fourth-order valence-corrected chi connectivity index (χ4v) is 3.94. The summed E-state index contributed by atoms with van der Waals surface area (Å²) in [6.45, 7) is 0. The Morgan fingerprint density at radius 3 is 2.36 bits per heavy atom. The van der Waals surface area contributed by atoms with Gasteiger partial charge >= 0.3 is 0 Å². The zero-order chi connectivity index (χ0) is 19.7. The van der Waals surface area contributed by atoms with E-state index in [2.05, 4.69) is 15.4 Å². The van der Waals surface area contributed by atoms with Gasteiger partial charge in [0.25, 0.3) is 0 Å². The SMILES string of the molecule is CS(=O)c1ccc(-c2cnc3ccc(Nc4cccc(S(C)=O)c4)nn23)cc1. The van der Waals surface area contributed by atoms with Gasteiger partial charge in [-0.25, -0.2) is 9.50 Å². The Morgan fingerprint density at radius 1 is 0.893 bits per heavy atom. The summed E-state index contributed by atoms with van der Waals surface area (Å²) in [5.41, 5.74) is 3.33. The second-order valence-electron chi connectivity index (χ2n) is 6.22. The molecule has 2 aromatic heterocycles. The number of rotatable bonds is 5. The van der Waals surface area contributed by atoms with E-state index in [4.69, 9.17) is 0 Å². The highest BCUT2D eigenvalue weighted by Crippen LogP contribution is 2.23. The number of benzene rings is 2. The molecule has 2 unspecified atom stereocenters. The van der Waals surface area contributed by atoms with Crippen LogP contribution in [0.5, 0.6) is 0 Å². The Balaban J connectivity index is 1.69. The van der Waals surface area contributed by atoms with Crippen molar-refractivity contribution in [3.05, 3.63) is 66.9 Å². The molecule has 0 spiro atoms. The second kappa shape index (κ2) is 7.65. The molecule has 2 heterocycles. The minimum atomic E-state index is -1.04. The van der Waals surface area contributed by atoms with Crippen LogP contribution in [0, 0.1) is 0 Å². The molecule has 2 aromatic carbocycles. The van der Waals surface area contributed by atoms with E-state index in [0.717, 1.165) is 32.4 Å². The third-order valence-electron chi connectivity index (χ3n) is 4.28. The lowest BCUT2D eigenvalue weighted by Gasteiger charge is -2.08. The molecule has 6 nitrogen and oxygen atoms in total. The van der Waals surface area contributed by atoms with Crippen LogP contribution < -0.4 is 5.32 Å². The van der Waals surface area contributed by atoms with E-state index in [0.29, 0.717) is 5.82 Å². The van der Waals surface area contributed by atoms with E-state index in [-0.39, 0.29) is 0 Å². The van der Waals surface area contributed by atoms with Crippen LogP contribution in [-0.2, 0) is 21.6 Å². The number of imidazole rings is 1. The number of anilines is 2. The first-order valence-electron chi connectivity index (χ1n) is 8.50. The Labute approximate surface area is 167 Å². The Morgan fingerprint density at radius 2 is 1.64 bits per heavy atom. The summed E-state index contributed by atoms with van der Waals surface area (Å²) in [6, 6.07) is 18.7. The van der Waals surface area contributed by atoms with Gasteiger partial charge in [0.05, 0.1) is 11.9 Å². The maximum Gasteiger partial charge on any atom is 0.154 e. The largest absolute Gasteiger partial charge is 0.339 e. The molecular weight excluding hydrogens is 392 g/mol. The second-order valence-corrected chi connectivity index (χ2v) is 8.98. The fraction of sp³-hybridized carbons (Fsp3) is 0.100. The summed E-state index contributed by atoms with van der Waals surface area (Å²) < 4.78 is 25.1. The van der Waals surface area contributed by atoms with E-state index in [1.54, 1.807) is 23.2 Å². The summed E-state index contributed by atoms with van der Waals surface area (Å²) in [7, 11) is -2.06. The summed E-state index contributed by atoms with van der Waals surface area (Å²) in [5, 5.41) is 7.90. The molecule has 1 N–H and O–H groups in total. The molecule has 142 valence electrons. The Bertz CT molecular complexity index is 1200. The maximum atomic E-state index is 11.7.